The second-order valence-electron chi connectivity index (χ2n) is 28.0. The van der Waals surface area contributed by atoms with E-state index in [1.165, 1.54) is 0 Å². The van der Waals surface area contributed by atoms with Crippen LogP contribution in [0.25, 0.3) is 0 Å². The number of para-hydroxylation sites is 1. The molecule has 6 unspecified atom stereocenters. The number of nitrogens with one attached hydrogen (secondary N) is 14. The Balaban J connectivity index is 0.000000197. The van der Waals surface area contributed by atoms with Gasteiger partial charge in [0.05, 0.1) is 74.0 Å². The first-order chi connectivity index (χ1) is 56.4. The van der Waals surface area contributed by atoms with E-state index in [1.807, 2.05) is 183 Å². The second-order valence-corrected chi connectivity index (χ2v) is 32.5. The fourth-order valence-electron chi connectivity index (χ4n) is 10.4. The Labute approximate surface area is 751 Å². The van der Waals surface area contributed by atoms with Crippen molar-refractivity contribution in [3.63, 3.8) is 0 Å². The van der Waals surface area contributed by atoms with E-state index in [2.05, 4.69) is 162 Å². The van der Waals surface area contributed by atoms with Crippen LogP contribution in [0.3, 0.4) is 0 Å². The molecular weight excluding hydrogens is 1750 g/mol. The fraction of sp³-hybridized carbons (Fsp3) is 0.385. The van der Waals surface area contributed by atoms with E-state index in [9.17, 15) is 0 Å². The van der Waals surface area contributed by atoms with Crippen LogP contribution in [0, 0.1) is 0 Å². The van der Waals surface area contributed by atoms with Crippen molar-refractivity contribution in [3.8, 4) is 0 Å². The summed E-state index contributed by atoms with van der Waals surface area (Å²) >= 11 is 65.5. The average molecular weight is 1850 g/mol. The molecule has 6 aliphatic rings. The van der Waals surface area contributed by atoms with Crippen molar-refractivity contribution < 1.29 is 0 Å². The molecule has 0 amide bonds. The quantitative estimate of drug-likeness (QED) is 0.0482. The summed E-state index contributed by atoms with van der Waals surface area (Å²) in [7, 11) is 11.6. The number of rotatable bonds is 14. The molecule has 642 valence electrons. The minimum Gasteiger partial charge on any atom is -0.370 e. The highest BCUT2D eigenvalue weighted by Gasteiger charge is 2.22. The van der Waals surface area contributed by atoms with E-state index in [4.69, 9.17) is 133 Å². The maximum atomic E-state index is 6.01. The van der Waals surface area contributed by atoms with Crippen molar-refractivity contribution in [2.45, 2.75) is 144 Å². The molecule has 0 aromatic heterocycles. The van der Waals surface area contributed by atoms with Gasteiger partial charge in [0, 0.05) is 73.1 Å². The van der Waals surface area contributed by atoms with Crippen LogP contribution in [0.2, 0.25) is 55.2 Å². The Hall–Kier alpha value is -9.05. The molecule has 0 spiro atoms. The van der Waals surface area contributed by atoms with Crippen LogP contribution in [0.4, 0.5) is 11.4 Å². The molecule has 0 saturated carbocycles. The van der Waals surface area contributed by atoms with Gasteiger partial charge in [-0.2, -0.15) is 0 Å². The molecule has 6 heterocycles. The predicted octanol–water partition coefficient (Wildman–Crippen LogP) is 14.2. The maximum Gasteiger partial charge on any atom is 0.204 e. The lowest BCUT2D eigenvalue weighted by molar-refractivity contribution is 0.559. The van der Waals surface area contributed by atoms with Crippen molar-refractivity contribution in [1.29, 1.82) is 0 Å². The number of halogens is 11. The molecule has 6 atom stereocenters. The molecule has 12 rings (SSSR count). The van der Waals surface area contributed by atoms with Crippen molar-refractivity contribution in [2.24, 2.45) is 65.6 Å². The molecule has 0 bridgehead atoms. The van der Waals surface area contributed by atoms with Crippen LogP contribution in [0.5, 0.6) is 0 Å². The number of benzene rings is 6. The lowest BCUT2D eigenvalue weighted by Crippen LogP contribution is -2.55. The topological polar surface area (TPSA) is 352 Å². The number of hydrogen-bond donors (Lipinski definition) is 15. The highest BCUT2D eigenvalue weighted by atomic mass is 35.5. The Kier molecular flexibility index (Phi) is 39.5. The Morgan fingerprint density at radius 1 is 0.353 bits per heavy atom. The van der Waals surface area contributed by atoms with Gasteiger partial charge in [-0.25, -0.2) is 49.9 Å². The minimum absolute atomic E-state index is 0.00683. The second kappa shape index (κ2) is 48.4. The third-order valence-electron chi connectivity index (χ3n) is 15.9. The first-order valence-electron chi connectivity index (χ1n) is 37.7. The van der Waals surface area contributed by atoms with Crippen molar-refractivity contribution >= 4 is 210 Å². The smallest absolute Gasteiger partial charge is 0.204 e. The van der Waals surface area contributed by atoms with Crippen LogP contribution in [-0.2, 0) is 25.9 Å². The SMILES string of the molecule is CC(C)NC1=NC(C)NC(=NCCc2ccc(Cl)c(Cl)c2)N1.CC(C)NC1=NC(C)NC(=NCc2ccc(Cl)c(Cl)c2)N1.CC1N=C(N(C)C)NC(=NCCc2ccc(Cl)c(Cl)c2)N1.CC1N=C(N(C)C)NC(=NCc2ccc(Cl)c(Cl)c2)N1.CC1N=C(N)NC(Nc2ccccc2Cl)=N1.CC1N=C(Nc2ccc(Cl)c(Cl)c2)NC(N(C)C)=N1. The zero-order chi connectivity index (χ0) is 87.2. The van der Waals surface area contributed by atoms with E-state index in [1.54, 1.807) is 30.3 Å². The van der Waals surface area contributed by atoms with Crippen molar-refractivity contribution in [2.75, 3.05) is 66.0 Å². The summed E-state index contributed by atoms with van der Waals surface area (Å²) in [4.78, 5) is 58.5. The molecule has 6 aromatic carbocycles. The zero-order valence-corrected chi connectivity index (χ0v) is 77.1. The maximum absolute atomic E-state index is 6.01. The molecule has 0 saturated heterocycles. The monoisotopic (exact) mass is 1840 g/mol. The number of nitrogens with zero attached hydrogens (tertiary/aromatic N) is 15. The summed E-state index contributed by atoms with van der Waals surface area (Å²) in [5, 5.41) is 50.0. The van der Waals surface area contributed by atoms with Gasteiger partial charge < -0.3 is 63.0 Å². The van der Waals surface area contributed by atoms with Crippen LogP contribution in [0.15, 0.2) is 175 Å². The van der Waals surface area contributed by atoms with Gasteiger partial charge in [-0.15, -0.1) is 0 Å². The molecule has 16 N–H and O–H groups in total. The van der Waals surface area contributed by atoms with E-state index >= 15 is 0 Å². The number of guanidine groups is 12. The molecule has 6 aromatic rings. The van der Waals surface area contributed by atoms with Crippen LogP contribution in [-0.4, -0.2) is 191 Å². The largest absolute Gasteiger partial charge is 0.370 e. The van der Waals surface area contributed by atoms with Crippen molar-refractivity contribution in [3.05, 3.63) is 193 Å². The number of nitrogens with two attached hydrogens (primary N) is 1. The lowest BCUT2D eigenvalue weighted by atomic mass is 10.1. The summed E-state index contributed by atoms with van der Waals surface area (Å²) in [6.07, 6.45) is 1.23. The van der Waals surface area contributed by atoms with Crippen molar-refractivity contribution in [1.82, 2.24) is 78.5 Å². The molecular formula is C78H103Cl11N30. The highest BCUT2D eigenvalue weighted by molar-refractivity contribution is 6.44. The summed E-state index contributed by atoms with van der Waals surface area (Å²) in [6.45, 7) is 22.3. The molecule has 119 heavy (non-hydrogen) atoms. The van der Waals surface area contributed by atoms with E-state index in [0.717, 1.165) is 88.2 Å². The lowest BCUT2D eigenvalue weighted by Gasteiger charge is -2.26. The average Bonchev–Trinajstić information content (AvgIpc) is 0.832. The predicted molar refractivity (Wildman–Crippen MR) is 505 cm³/mol. The number of anilines is 2. The summed E-state index contributed by atoms with van der Waals surface area (Å²) in [5.41, 5.74) is 11.4. The van der Waals surface area contributed by atoms with Gasteiger partial charge in [0.15, 0.2) is 41.7 Å². The van der Waals surface area contributed by atoms with Gasteiger partial charge in [0.1, 0.15) is 37.0 Å². The molecule has 30 nitrogen and oxygen atoms in total. The molecule has 0 fully saturated rings. The number of hydrogen-bond acceptors (Lipinski definition) is 22. The first-order valence-corrected chi connectivity index (χ1v) is 41.8. The van der Waals surface area contributed by atoms with Gasteiger partial charge in [0.2, 0.25) is 29.8 Å². The Morgan fingerprint density at radius 2 is 0.706 bits per heavy atom. The summed E-state index contributed by atoms with van der Waals surface area (Å²) in [5.74, 6) is 8.18. The highest BCUT2D eigenvalue weighted by Crippen LogP contribution is 2.28. The molecule has 6 aliphatic heterocycles. The van der Waals surface area contributed by atoms with Gasteiger partial charge in [-0.3, -0.25) is 41.9 Å². The normalized spacial score (nSPS) is 19.6. The van der Waals surface area contributed by atoms with Gasteiger partial charge in [-0.1, -0.05) is 164 Å². The molecule has 0 aliphatic carbocycles. The standard InChI is InChI=1S/C15H21Cl2N5.2C14H19Cl2N5.C13H17Cl2N5.C12H15Cl2N5.C10H12ClN5/c1-9(2)19-15-21-10(3)20-14(22-15)18-7-6-11-4-5-12(16)13(17)8-11;1-8(2)18-14-20-9(3)19-13(21-14)17-7-10-4-5-11(15)12(16)6-10;1-9-18-13(20-14(19-9)21(2)3)17-7-6-10-4-5-11(15)12(16)8-10;1-8-17-12(19-13(18-8)20(2)3)16-7-9-4-5-10(14)11(15)6-9;1-7-15-11(18-12(16-7)19(2)3)17-8-4-5-9(13)10(14)6-8;1-6-13-9(12)16-10(14-6)15-8-5-3-2-4-7(8)11/h4-5,8-10H,6-7H2,1-3H3,(H3,18,19,20,21,22);4-6,8-9H,7H2,1-3H3,(H3,17,18,19,20,21);4-5,8-9H,6-7H2,1-3H3,(H2,17,18,19,20);4-6,8H,7H2,1-3H3,(H2,16,17,18,19);4-7H,1-3H3,(H2,15,16,17,18);2-6H,1H3,(H4,12,13,14,15,16). The van der Waals surface area contributed by atoms with Gasteiger partial charge in [-0.05, 0) is 183 Å². The van der Waals surface area contributed by atoms with E-state index < -0.39 is 0 Å². The van der Waals surface area contributed by atoms with Gasteiger partial charge in [0.25, 0.3) is 0 Å². The van der Waals surface area contributed by atoms with Gasteiger partial charge >= 0.3 is 0 Å². The van der Waals surface area contributed by atoms with Crippen LogP contribution in [0.1, 0.15) is 91.5 Å². The molecule has 0 radical (unpaired) electrons. The Bertz CT molecular complexity index is 4790. The van der Waals surface area contributed by atoms with E-state index in [-0.39, 0.29) is 37.0 Å². The third kappa shape index (κ3) is 34.9. The number of aliphatic imine (C=N–C) groups is 12. The Morgan fingerprint density at radius 3 is 1.11 bits per heavy atom. The summed E-state index contributed by atoms with van der Waals surface area (Å²) < 4.78 is 0. The zero-order valence-electron chi connectivity index (χ0n) is 68.8. The van der Waals surface area contributed by atoms with E-state index in [0.29, 0.717) is 123 Å². The third-order valence-corrected chi connectivity index (χ3v) is 19.9. The summed E-state index contributed by atoms with van der Waals surface area (Å²) in [6, 6.07) is 35.7. The minimum atomic E-state index is -0.189. The molecule has 41 heteroatoms. The van der Waals surface area contributed by atoms with Crippen LogP contribution >= 0.6 is 128 Å². The van der Waals surface area contributed by atoms with Crippen LogP contribution < -0.4 is 80.2 Å². The fourth-order valence-corrected chi connectivity index (χ4v) is 12.2. The first kappa shape index (κ1) is 97.1.